The van der Waals surface area contributed by atoms with Gasteiger partial charge in [-0.15, -0.1) is 0 Å². The van der Waals surface area contributed by atoms with E-state index in [1.165, 1.54) is 12.1 Å². The third-order valence-electron chi connectivity index (χ3n) is 7.68. The Balaban J connectivity index is 1.53. The van der Waals surface area contributed by atoms with Crippen LogP contribution in [-0.2, 0) is 32.0 Å². The summed E-state index contributed by atoms with van der Waals surface area (Å²) in [4.78, 5) is 59.6. The van der Waals surface area contributed by atoms with E-state index in [1.807, 2.05) is 24.3 Å². The summed E-state index contributed by atoms with van der Waals surface area (Å²) < 4.78 is 0. The number of hydrogen-bond acceptors (Lipinski definition) is 7. The fourth-order valence-corrected chi connectivity index (χ4v) is 5.30. The smallest absolute Gasteiger partial charge is 0.326 e. The average Bonchev–Trinajstić information content (AvgIpc) is 3.70. The number of nitrogens with one attached hydrogen (secondary N) is 5. The minimum Gasteiger partial charge on any atom is -0.508 e. The number of nitrogens with zero attached hydrogens (tertiary/aromatic N) is 1. The number of rotatable bonds is 15. The number of carbonyl (C=O) groups excluding carboxylic acids is 3. The van der Waals surface area contributed by atoms with Crippen molar-refractivity contribution in [1.82, 2.24) is 26.3 Å². The standard InChI is InChI=1S/C31H40N8O6/c32-31(33)35-14-4-8-24(28(42)39-26(30(44)45)15-18-9-11-20(40)12-10-18)37-29(43)25(38-27(41)23-7-3-13-34-23)16-19-17-36-22-6-2-1-5-21(19)22/h1-2,5-6,9-12,17,23-26,34,36,40H,3-4,7-8,13-16H2,(H,37,43)(H,38,41)(H,39,42)(H,44,45)(H4,32,33,35). The molecule has 1 fully saturated rings. The third-order valence-corrected chi connectivity index (χ3v) is 7.68. The zero-order chi connectivity index (χ0) is 32.3. The minimum absolute atomic E-state index is 0.0243. The highest BCUT2D eigenvalue weighted by Gasteiger charge is 2.32. The monoisotopic (exact) mass is 620 g/mol. The number of H-pyrrole nitrogens is 1. The van der Waals surface area contributed by atoms with E-state index in [0.29, 0.717) is 24.9 Å². The molecule has 14 nitrogen and oxygen atoms in total. The molecule has 1 aliphatic rings. The van der Waals surface area contributed by atoms with E-state index < -0.39 is 42.0 Å². The first-order chi connectivity index (χ1) is 21.6. The van der Waals surface area contributed by atoms with Crippen LogP contribution in [-0.4, -0.2) is 82.1 Å². The molecule has 3 amide bonds. The molecule has 4 atom stereocenters. The van der Waals surface area contributed by atoms with Gasteiger partial charge in [0.05, 0.1) is 6.04 Å². The lowest BCUT2D eigenvalue weighted by Gasteiger charge is -2.25. The molecule has 0 aliphatic carbocycles. The van der Waals surface area contributed by atoms with Gasteiger partial charge in [-0.05, 0) is 61.6 Å². The molecule has 1 aliphatic heterocycles. The van der Waals surface area contributed by atoms with Gasteiger partial charge >= 0.3 is 5.97 Å². The third kappa shape index (κ3) is 9.44. The first-order valence-electron chi connectivity index (χ1n) is 14.9. The molecular weight excluding hydrogens is 580 g/mol. The zero-order valence-corrected chi connectivity index (χ0v) is 24.8. The Hall–Kier alpha value is -5.11. The van der Waals surface area contributed by atoms with Crippen molar-refractivity contribution in [3.8, 4) is 5.75 Å². The van der Waals surface area contributed by atoms with Crippen LogP contribution >= 0.6 is 0 Å². The highest BCUT2D eigenvalue weighted by molar-refractivity contribution is 5.95. The summed E-state index contributed by atoms with van der Waals surface area (Å²) in [5, 5.41) is 31.5. The molecule has 4 rings (SSSR count). The summed E-state index contributed by atoms with van der Waals surface area (Å²) >= 11 is 0. The maximum Gasteiger partial charge on any atom is 0.326 e. The van der Waals surface area contributed by atoms with Crippen molar-refractivity contribution < 1.29 is 29.4 Å². The summed E-state index contributed by atoms with van der Waals surface area (Å²) in [5.74, 6) is -3.00. The second-order valence-corrected chi connectivity index (χ2v) is 11.1. The van der Waals surface area contributed by atoms with Gasteiger partial charge in [0.25, 0.3) is 0 Å². The van der Waals surface area contributed by atoms with Crippen LogP contribution in [0.2, 0.25) is 0 Å². The lowest BCUT2D eigenvalue weighted by Crippen LogP contribution is -2.57. The number of aliphatic carboxylic acids is 1. The SMILES string of the molecule is NC(N)=NCCCC(NC(=O)C(Cc1c[nH]c2ccccc12)NC(=O)C1CCCN1)C(=O)NC(Cc1ccc(O)cc1)C(=O)O. The van der Waals surface area contributed by atoms with Crippen LogP contribution in [0.4, 0.5) is 0 Å². The van der Waals surface area contributed by atoms with E-state index in [9.17, 15) is 29.4 Å². The van der Waals surface area contributed by atoms with Crippen LogP contribution in [0.15, 0.2) is 59.7 Å². The molecule has 1 saturated heterocycles. The van der Waals surface area contributed by atoms with E-state index in [1.54, 1.807) is 18.3 Å². The summed E-state index contributed by atoms with van der Waals surface area (Å²) in [6.45, 7) is 0.880. The summed E-state index contributed by atoms with van der Waals surface area (Å²) in [7, 11) is 0. The van der Waals surface area contributed by atoms with Crippen LogP contribution < -0.4 is 32.7 Å². The van der Waals surface area contributed by atoms with Crippen LogP contribution in [0.25, 0.3) is 10.9 Å². The molecule has 3 aromatic rings. The number of nitrogens with two attached hydrogens (primary N) is 2. The number of aromatic hydroxyl groups is 1. The van der Waals surface area contributed by atoms with E-state index >= 15 is 0 Å². The van der Waals surface area contributed by atoms with Crippen molar-refractivity contribution in [2.75, 3.05) is 13.1 Å². The van der Waals surface area contributed by atoms with Gasteiger partial charge < -0.3 is 47.9 Å². The van der Waals surface area contributed by atoms with E-state index in [0.717, 1.165) is 22.9 Å². The number of carbonyl (C=O) groups is 4. The Bertz CT molecular complexity index is 1510. The van der Waals surface area contributed by atoms with Crippen LogP contribution in [0.5, 0.6) is 5.75 Å². The van der Waals surface area contributed by atoms with Gasteiger partial charge in [0.1, 0.15) is 23.9 Å². The molecule has 0 spiro atoms. The number of para-hydroxylation sites is 1. The Labute approximate surface area is 260 Å². The molecule has 4 unspecified atom stereocenters. The number of fused-ring (bicyclic) bond motifs is 1. The molecule has 1 aromatic heterocycles. The van der Waals surface area contributed by atoms with E-state index in [-0.39, 0.29) is 43.4 Å². The Morgan fingerprint density at radius 1 is 0.933 bits per heavy atom. The zero-order valence-electron chi connectivity index (χ0n) is 24.8. The van der Waals surface area contributed by atoms with Gasteiger partial charge in [-0.1, -0.05) is 30.3 Å². The summed E-state index contributed by atoms with van der Waals surface area (Å²) in [6, 6.07) is 9.62. The first-order valence-corrected chi connectivity index (χ1v) is 14.9. The number of guanidine groups is 1. The minimum atomic E-state index is -1.31. The number of aliphatic imine (C=N–C) groups is 1. The predicted octanol–water partition coefficient (Wildman–Crippen LogP) is 0.00330. The maximum atomic E-state index is 13.8. The fraction of sp³-hybridized carbons (Fsp3) is 0.387. The number of benzene rings is 2. The summed E-state index contributed by atoms with van der Waals surface area (Å²) in [5.41, 5.74) is 13.1. The largest absolute Gasteiger partial charge is 0.508 e. The molecular formula is C31H40N8O6. The normalized spacial score (nSPS) is 16.3. The maximum absolute atomic E-state index is 13.8. The number of carboxylic acids is 1. The molecule has 45 heavy (non-hydrogen) atoms. The number of phenolic OH excluding ortho intramolecular Hbond substituents is 1. The lowest BCUT2D eigenvalue weighted by atomic mass is 10.0. The van der Waals surface area contributed by atoms with Gasteiger partial charge in [0.15, 0.2) is 5.96 Å². The van der Waals surface area contributed by atoms with Gasteiger partial charge in [-0.25, -0.2) is 4.79 Å². The van der Waals surface area contributed by atoms with E-state index in [4.69, 9.17) is 11.5 Å². The number of hydrogen-bond donors (Lipinski definition) is 9. The number of carboxylic acid groups (broad SMARTS) is 1. The van der Waals surface area contributed by atoms with Gasteiger partial charge in [-0.2, -0.15) is 0 Å². The van der Waals surface area contributed by atoms with Crippen molar-refractivity contribution in [2.45, 2.75) is 62.7 Å². The predicted molar refractivity (Wildman–Crippen MR) is 168 cm³/mol. The molecule has 0 saturated carbocycles. The highest BCUT2D eigenvalue weighted by Crippen LogP contribution is 2.20. The second kappa shape index (κ2) is 15.6. The molecule has 11 N–H and O–H groups in total. The average molecular weight is 621 g/mol. The Morgan fingerprint density at radius 2 is 1.64 bits per heavy atom. The number of aromatic amines is 1. The topological polar surface area (TPSA) is 237 Å². The Kier molecular flexibility index (Phi) is 11.3. The van der Waals surface area contributed by atoms with Gasteiger partial charge in [0.2, 0.25) is 17.7 Å². The van der Waals surface area contributed by atoms with Crippen LogP contribution in [0.3, 0.4) is 0 Å². The molecule has 2 aromatic carbocycles. The number of phenols is 1. The highest BCUT2D eigenvalue weighted by atomic mass is 16.4. The van der Waals surface area contributed by atoms with Crippen molar-refractivity contribution >= 4 is 40.6 Å². The fourth-order valence-electron chi connectivity index (χ4n) is 5.30. The molecule has 2 heterocycles. The van der Waals surface area contributed by atoms with Gasteiger partial charge in [-0.3, -0.25) is 19.4 Å². The summed E-state index contributed by atoms with van der Waals surface area (Å²) in [6.07, 6.45) is 3.75. The van der Waals surface area contributed by atoms with Crippen LogP contribution in [0.1, 0.15) is 36.8 Å². The first kappa shape index (κ1) is 32.8. The number of aromatic nitrogens is 1. The lowest BCUT2D eigenvalue weighted by molar-refractivity contribution is -0.142. The Morgan fingerprint density at radius 3 is 2.33 bits per heavy atom. The van der Waals surface area contributed by atoms with E-state index in [2.05, 4.69) is 31.2 Å². The quantitative estimate of drug-likeness (QED) is 0.0631. The molecule has 14 heteroatoms. The second-order valence-electron chi connectivity index (χ2n) is 11.1. The molecule has 240 valence electrons. The van der Waals surface area contributed by atoms with Crippen LogP contribution in [0, 0.1) is 0 Å². The molecule has 0 bridgehead atoms. The molecule has 0 radical (unpaired) electrons. The van der Waals surface area contributed by atoms with Crippen molar-refractivity contribution in [3.63, 3.8) is 0 Å². The van der Waals surface area contributed by atoms with Crippen molar-refractivity contribution in [3.05, 3.63) is 65.9 Å². The van der Waals surface area contributed by atoms with Crippen molar-refractivity contribution in [1.29, 1.82) is 0 Å². The van der Waals surface area contributed by atoms with Crippen molar-refractivity contribution in [2.24, 2.45) is 16.5 Å². The van der Waals surface area contributed by atoms with Gasteiger partial charge in [0, 0.05) is 36.5 Å². The number of amides is 3.